The fourth-order valence-corrected chi connectivity index (χ4v) is 7.01. The molecule has 0 bridgehead atoms. The molecule has 7 rings (SSSR count). The molecule has 2 aliphatic heterocycles. The van der Waals surface area contributed by atoms with Crippen LogP contribution in [0.2, 0.25) is 0 Å². The molecule has 3 aromatic carbocycles. The van der Waals surface area contributed by atoms with Gasteiger partial charge in [0.1, 0.15) is 0 Å². The number of hydrogen-bond donors (Lipinski definition) is 0. The lowest BCUT2D eigenvalue weighted by molar-refractivity contribution is 0.607. The number of aromatic nitrogens is 1. The van der Waals surface area contributed by atoms with Crippen LogP contribution in [0.3, 0.4) is 0 Å². The third-order valence-corrected chi connectivity index (χ3v) is 8.85. The standard InChI is InChI=1S/C33H26N2S/c1-33(2)26-7-3-4-8-29(26)36-30-18-16-25(20-27(30)33)21-9-11-22(12-10-21)28-17-15-24-14-13-23-6-5-19-34-31(23)32(24)35-28/h3-13,15-20,24H,14H2,1-2H3. The molecule has 0 saturated heterocycles. The van der Waals surface area contributed by atoms with E-state index in [1.807, 2.05) is 24.0 Å². The number of nitrogens with zero attached hydrogens (tertiary/aromatic N) is 2. The Kier molecular flexibility index (Phi) is 4.90. The fourth-order valence-electron chi connectivity index (χ4n) is 5.63. The van der Waals surface area contributed by atoms with E-state index in [0.717, 1.165) is 28.7 Å². The van der Waals surface area contributed by atoms with Crippen molar-refractivity contribution in [2.75, 3.05) is 0 Å². The second-order valence-corrected chi connectivity index (χ2v) is 11.3. The Morgan fingerprint density at radius 3 is 2.47 bits per heavy atom. The predicted molar refractivity (Wildman–Crippen MR) is 150 cm³/mol. The van der Waals surface area contributed by atoms with Crippen molar-refractivity contribution in [1.29, 1.82) is 0 Å². The van der Waals surface area contributed by atoms with Crippen LogP contribution >= 0.6 is 11.8 Å². The van der Waals surface area contributed by atoms with Crippen LogP contribution in [-0.4, -0.2) is 10.7 Å². The molecule has 0 N–H and O–H groups in total. The van der Waals surface area contributed by atoms with Gasteiger partial charge in [-0.15, -0.1) is 0 Å². The molecule has 3 aliphatic rings. The van der Waals surface area contributed by atoms with Crippen molar-refractivity contribution in [3.8, 4) is 11.1 Å². The zero-order chi connectivity index (χ0) is 24.3. The van der Waals surface area contributed by atoms with E-state index in [4.69, 9.17) is 4.99 Å². The molecular formula is C33H26N2S. The largest absolute Gasteiger partial charge is 0.254 e. The highest BCUT2D eigenvalue weighted by atomic mass is 32.2. The van der Waals surface area contributed by atoms with Gasteiger partial charge in [-0.05, 0) is 64.2 Å². The molecule has 1 aliphatic carbocycles. The first-order valence-electron chi connectivity index (χ1n) is 12.5. The summed E-state index contributed by atoms with van der Waals surface area (Å²) in [6.07, 6.45) is 9.56. The minimum absolute atomic E-state index is 0.0235. The van der Waals surface area contributed by atoms with E-state index in [1.54, 1.807) is 0 Å². The lowest BCUT2D eigenvalue weighted by Crippen LogP contribution is -2.35. The van der Waals surface area contributed by atoms with Crippen molar-refractivity contribution in [3.63, 3.8) is 0 Å². The number of allylic oxidation sites excluding steroid dienone is 1. The molecule has 2 nitrogen and oxygen atoms in total. The Morgan fingerprint density at radius 2 is 1.58 bits per heavy atom. The monoisotopic (exact) mass is 482 g/mol. The minimum atomic E-state index is -0.0235. The molecule has 0 saturated carbocycles. The van der Waals surface area contributed by atoms with Gasteiger partial charge < -0.3 is 0 Å². The van der Waals surface area contributed by atoms with Crippen molar-refractivity contribution < 1.29 is 0 Å². The second kappa shape index (κ2) is 8.18. The zero-order valence-corrected chi connectivity index (χ0v) is 21.2. The fraction of sp³-hybridized carbons (Fsp3) is 0.152. The average Bonchev–Trinajstić information content (AvgIpc) is 2.93. The summed E-state index contributed by atoms with van der Waals surface area (Å²) in [6, 6.07) is 28.7. The lowest BCUT2D eigenvalue weighted by atomic mass is 9.77. The van der Waals surface area contributed by atoms with Crippen molar-refractivity contribution in [2.24, 2.45) is 10.9 Å². The number of pyridine rings is 1. The van der Waals surface area contributed by atoms with E-state index in [1.165, 1.54) is 37.3 Å². The molecule has 1 unspecified atom stereocenters. The Balaban J connectivity index is 1.24. The Labute approximate surface area is 215 Å². The van der Waals surface area contributed by atoms with Crippen LogP contribution < -0.4 is 10.6 Å². The van der Waals surface area contributed by atoms with Crippen LogP contribution in [0.5, 0.6) is 0 Å². The third kappa shape index (κ3) is 3.42. The quantitative estimate of drug-likeness (QED) is 0.326. The van der Waals surface area contributed by atoms with Crippen LogP contribution in [0.15, 0.2) is 112 Å². The summed E-state index contributed by atoms with van der Waals surface area (Å²) in [6.45, 7) is 4.68. The van der Waals surface area contributed by atoms with Crippen LogP contribution in [-0.2, 0) is 5.41 Å². The maximum absolute atomic E-state index is 5.08. The Morgan fingerprint density at radius 1 is 0.806 bits per heavy atom. The molecule has 0 spiro atoms. The number of rotatable bonds is 2. The van der Waals surface area contributed by atoms with Crippen molar-refractivity contribution in [3.05, 3.63) is 124 Å². The third-order valence-electron chi connectivity index (χ3n) is 7.70. The zero-order valence-electron chi connectivity index (χ0n) is 20.4. The normalized spacial score (nSPS) is 18.8. The van der Waals surface area contributed by atoms with Crippen LogP contribution in [0.4, 0.5) is 0 Å². The van der Waals surface area contributed by atoms with Gasteiger partial charge in [0.05, 0.1) is 16.8 Å². The maximum atomic E-state index is 5.08. The predicted octanol–water partition coefficient (Wildman–Crippen LogP) is 6.51. The van der Waals surface area contributed by atoms with Gasteiger partial charge in [0, 0.05) is 32.9 Å². The molecular weight excluding hydrogens is 456 g/mol. The van der Waals surface area contributed by atoms with Gasteiger partial charge in [0.25, 0.3) is 0 Å². The first-order chi connectivity index (χ1) is 17.6. The summed E-state index contributed by atoms with van der Waals surface area (Å²) in [4.78, 5) is 12.4. The number of dihydropyridines is 1. The van der Waals surface area contributed by atoms with Crippen molar-refractivity contribution >= 4 is 29.2 Å². The van der Waals surface area contributed by atoms with Gasteiger partial charge >= 0.3 is 0 Å². The van der Waals surface area contributed by atoms with Gasteiger partial charge in [-0.2, -0.15) is 0 Å². The highest BCUT2D eigenvalue weighted by Gasteiger charge is 2.33. The van der Waals surface area contributed by atoms with Gasteiger partial charge in [0.15, 0.2) is 0 Å². The average molecular weight is 483 g/mol. The molecule has 0 fully saturated rings. The van der Waals surface area contributed by atoms with E-state index in [2.05, 4.69) is 110 Å². The van der Waals surface area contributed by atoms with Crippen LogP contribution in [0, 0.1) is 5.92 Å². The van der Waals surface area contributed by atoms with Gasteiger partial charge in [-0.25, -0.2) is 4.99 Å². The number of fused-ring (bicyclic) bond motifs is 4. The van der Waals surface area contributed by atoms with E-state index < -0.39 is 0 Å². The molecule has 1 aromatic heterocycles. The van der Waals surface area contributed by atoms with E-state index in [-0.39, 0.29) is 5.41 Å². The van der Waals surface area contributed by atoms with Crippen molar-refractivity contribution in [1.82, 2.24) is 4.98 Å². The van der Waals surface area contributed by atoms with E-state index in [9.17, 15) is 0 Å². The van der Waals surface area contributed by atoms with Crippen LogP contribution in [0.1, 0.15) is 37.0 Å². The van der Waals surface area contributed by atoms with Gasteiger partial charge in [0.2, 0.25) is 0 Å². The summed E-state index contributed by atoms with van der Waals surface area (Å²) in [5, 5.41) is 2.21. The smallest absolute Gasteiger partial charge is 0.0919 e. The minimum Gasteiger partial charge on any atom is -0.254 e. The first-order valence-corrected chi connectivity index (χ1v) is 13.3. The molecule has 36 heavy (non-hydrogen) atoms. The molecule has 3 heterocycles. The van der Waals surface area contributed by atoms with E-state index in [0.29, 0.717) is 5.92 Å². The van der Waals surface area contributed by atoms with Crippen LogP contribution in [0.25, 0.3) is 22.9 Å². The lowest BCUT2D eigenvalue weighted by Gasteiger charge is -2.34. The molecule has 1 atom stereocenters. The SMILES string of the molecule is CC1(C)c2ccccc2Sc2ccc(-c3ccc(C4=NC5=c6ncccc6=CCC5C=C4)cc3)cc21. The maximum Gasteiger partial charge on any atom is 0.0919 e. The Hall–Kier alpha value is -3.69. The molecule has 3 heteroatoms. The summed E-state index contributed by atoms with van der Waals surface area (Å²) in [5.41, 5.74) is 8.49. The summed E-state index contributed by atoms with van der Waals surface area (Å²) >= 11 is 1.88. The first kappa shape index (κ1) is 21.6. The number of benzene rings is 3. The summed E-state index contributed by atoms with van der Waals surface area (Å²) in [7, 11) is 0. The van der Waals surface area contributed by atoms with Crippen molar-refractivity contribution in [2.45, 2.75) is 35.5 Å². The second-order valence-electron chi connectivity index (χ2n) is 10.2. The molecule has 174 valence electrons. The number of hydrogen-bond acceptors (Lipinski definition) is 3. The highest BCUT2D eigenvalue weighted by Crippen LogP contribution is 2.49. The van der Waals surface area contributed by atoms with Gasteiger partial charge in [-0.3, -0.25) is 4.98 Å². The molecule has 0 amide bonds. The Bertz CT molecular complexity index is 1710. The topological polar surface area (TPSA) is 25.2 Å². The molecule has 0 radical (unpaired) electrons. The van der Waals surface area contributed by atoms with Gasteiger partial charge in [-0.1, -0.05) is 92.4 Å². The highest BCUT2D eigenvalue weighted by molar-refractivity contribution is 7.99. The van der Waals surface area contributed by atoms with E-state index >= 15 is 0 Å². The summed E-state index contributed by atoms with van der Waals surface area (Å²) < 4.78 is 0. The summed E-state index contributed by atoms with van der Waals surface area (Å²) in [5.74, 6) is 0.317. The number of aliphatic imine (C=N–C) groups is 1. The molecule has 4 aromatic rings.